The molecule has 1 saturated heterocycles. The van der Waals surface area contributed by atoms with Gasteiger partial charge in [0.15, 0.2) is 11.5 Å². The van der Waals surface area contributed by atoms with Crippen molar-refractivity contribution in [3.8, 4) is 11.5 Å². The number of anilines is 1. The Morgan fingerprint density at radius 1 is 1.11 bits per heavy atom. The minimum absolute atomic E-state index is 0.0827. The lowest BCUT2D eigenvalue weighted by Crippen LogP contribution is -2.45. The van der Waals surface area contributed by atoms with Gasteiger partial charge in [-0.2, -0.15) is 0 Å². The molecule has 0 spiro atoms. The Balaban J connectivity index is 1.41. The second-order valence-corrected chi connectivity index (χ2v) is 6.92. The van der Waals surface area contributed by atoms with Crippen molar-refractivity contribution >= 4 is 17.7 Å². The molecule has 2 heterocycles. The molecule has 1 amide bonds. The molecular weight excluding hydrogens is 340 g/mol. The largest absolute Gasteiger partial charge is 0.486 e. The minimum Gasteiger partial charge on any atom is -0.486 e. The van der Waals surface area contributed by atoms with E-state index in [1.165, 1.54) is 0 Å². The molecule has 1 atom stereocenters. The molecule has 2 aromatic rings. The van der Waals surface area contributed by atoms with E-state index in [2.05, 4.69) is 11.9 Å². The average Bonchev–Trinajstić information content (AvgIpc) is 2.73. The molecule has 27 heavy (non-hydrogen) atoms. The number of hydrogen-bond acceptors (Lipinski definition) is 4. The SMILES string of the molecule is C=Cc1ccc(C(=O)N2CCCC(Nc3ccc4c(c3)OCCO4)C2)cc1. The van der Waals surface area contributed by atoms with E-state index in [0.29, 0.717) is 19.8 Å². The van der Waals surface area contributed by atoms with E-state index >= 15 is 0 Å². The molecule has 0 radical (unpaired) electrons. The molecule has 2 aromatic carbocycles. The Morgan fingerprint density at radius 2 is 1.89 bits per heavy atom. The normalized spacial score (nSPS) is 18.7. The number of carbonyl (C=O) groups is 1. The van der Waals surface area contributed by atoms with Crippen molar-refractivity contribution in [3.05, 3.63) is 60.2 Å². The Kier molecular flexibility index (Phi) is 5.01. The molecule has 4 rings (SSSR count). The summed E-state index contributed by atoms with van der Waals surface area (Å²) >= 11 is 0. The molecule has 2 aliphatic heterocycles. The van der Waals surface area contributed by atoms with Gasteiger partial charge < -0.3 is 19.7 Å². The summed E-state index contributed by atoms with van der Waals surface area (Å²) < 4.78 is 11.2. The second kappa shape index (κ2) is 7.74. The fourth-order valence-electron chi connectivity index (χ4n) is 3.59. The van der Waals surface area contributed by atoms with Crippen molar-refractivity contribution in [3.63, 3.8) is 0 Å². The van der Waals surface area contributed by atoms with Crippen LogP contribution in [-0.4, -0.2) is 43.2 Å². The number of benzene rings is 2. The number of ether oxygens (including phenoxy) is 2. The molecule has 5 heteroatoms. The highest BCUT2D eigenvalue weighted by Gasteiger charge is 2.25. The maximum Gasteiger partial charge on any atom is 0.253 e. The highest BCUT2D eigenvalue weighted by atomic mass is 16.6. The first-order chi connectivity index (χ1) is 13.2. The van der Waals surface area contributed by atoms with Gasteiger partial charge in [-0.05, 0) is 42.7 Å². The van der Waals surface area contributed by atoms with E-state index in [4.69, 9.17) is 9.47 Å². The summed E-state index contributed by atoms with van der Waals surface area (Å²) in [5, 5.41) is 3.54. The summed E-state index contributed by atoms with van der Waals surface area (Å²) in [7, 11) is 0. The van der Waals surface area contributed by atoms with Crippen LogP contribution in [0.1, 0.15) is 28.8 Å². The van der Waals surface area contributed by atoms with Gasteiger partial charge in [0, 0.05) is 36.4 Å². The fraction of sp³-hybridized carbons (Fsp3) is 0.318. The zero-order valence-corrected chi connectivity index (χ0v) is 15.3. The van der Waals surface area contributed by atoms with Crippen LogP contribution in [0.4, 0.5) is 5.69 Å². The molecule has 0 aliphatic carbocycles. The fourth-order valence-corrected chi connectivity index (χ4v) is 3.59. The first-order valence-electron chi connectivity index (χ1n) is 9.41. The van der Waals surface area contributed by atoms with Crippen molar-refractivity contribution in [1.29, 1.82) is 0 Å². The number of hydrogen-bond donors (Lipinski definition) is 1. The van der Waals surface area contributed by atoms with Gasteiger partial charge >= 0.3 is 0 Å². The summed E-state index contributed by atoms with van der Waals surface area (Å²) in [6.45, 7) is 6.40. The number of carbonyl (C=O) groups excluding carboxylic acids is 1. The standard InChI is InChI=1S/C22H24N2O3/c1-2-16-5-7-17(8-6-16)22(25)24-11-3-4-19(15-24)23-18-9-10-20-21(14-18)27-13-12-26-20/h2,5-10,14,19,23H,1,3-4,11-13,15H2. The molecule has 140 valence electrons. The summed E-state index contributed by atoms with van der Waals surface area (Å²) in [6.07, 6.45) is 3.80. The molecule has 0 bridgehead atoms. The summed E-state index contributed by atoms with van der Waals surface area (Å²) in [4.78, 5) is 14.8. The minimum atomic E-state index is 0.0827. The van der Waals surface area contributed by atoms with E-state index in [0.717, 1.165) is 47.7 Å². The first kappa shape index (κ1) is 17.5. The Morgan fingerprint density at radius 3 is 2.67 bits per heavy atom. The Labute approximate surface area is 159 Å². The molecule has 1 unspecified atom stereocenters. The van der Waals surface area contributed by atoms with E-state index in [1.54, 1.807) is 6.08 Å². The molecule has 0 aromatic heterocycles. The van der Waals surface area contributed by atoms with Crippen LogP contribution < -0.4 is 14.8 Å². The zero-order chi connectivity index (χ0) is 18.6. The van der Waals surface area contributed by atoms with Crippen LogP contribution in [0.25, 0.3) is 6.08 Å². The summed E-state index contributed by atoms with van der Waals surface area (Å²) in [5.41, 5.74) is 2.73. The molecular formula is C22H24N2O3. The lowest BCUT2D eigenvalue weighted by molar-refractivity contribution is 0.0715. The topological polar surface area (TPSA) is 50.8 Å². The van der Waals surface area contributed by atoms with Crippen LogP contribution in [0.2, 0.25) is 0 Å². The monoisotopic (exact) mass is 364 g/mol. The highest BCUT2D eigenvalue weighted by Crippen LogP contribution is 2.33. The lowest BCUT2D eigenvalue weighted by atomic mass is 10.0. The third-order valence-electron chi connectivity index (χ3n) is 5.01. The van der Waals surface area contributed by atoms with Gasteiger partial charge in [-0.1, -0.05) is 24.8 Å². The smallest absolute Gasteiger partial charge is 0.253 e. The zero-order valence-electron chi connectivity index (χ0n) is 15.3. The van der Waals surface area contributed by atoms with Gasteiger partial charge in [-0.15, -0.1) is 0 Å². The lowest BCUT2D eigenvalue weighted by Gasteiger charge is -2.34. The van der Waals surface area contributed by atoms with Crippen LogP contribution in [0.3, 0.4) is 0 Å². The average molecular weight is 364 g/mol. The number of nitrogens with zero attached hydrogens (tertiary/aromatic N) is 1. The number of piperidine rings is 1. The number of nitrogens with one attached hydrogen (secondary N) is 1. The van der Waals surface area contributed by atoms with Gasteiger partial charge in [0.1, 0.15) is 13.2 Å². The molecule has 2 aliphatic rings. The van der Waals surface area contributed by atoms with Crippen molar-refractivity contribution in [1.82, 2.24) is 4.90 Å². The van der Waals surface area contributed by atoms with Crippen molar-refractivity contribution in [2.24, 2.45) is 0 Å². The number of likely N-dealkylation sites (tertiary alicyclic amines) is 1. The number of rotatable bonds is 4. The van der Waals surface area contributed by atoms with Crippen LogP contribution in [-0.2, 0) is 0 Å². The molecule has 0 saturated carbocycles. The van der Waals surface area contributed by atoms with E-state index in [9.17, 15) is 4.79 Å². The van der Waals surface area contributed by atoms with Crippen LogP contribution in [0.15, 0.2) is 49.0 Å². The van der Waals surface area contributed by atoms with Gasteiger partial charge in [0.05, 0.1) is 0 Å². The quantitative estimate of drug-likeness (QED) is 0.896. The van der Waals surface area contributed by atoms with Crippen LogP contribution >= 0.6 is 0 Å². The third-order valence-corrected chi connectivity index (χ3v) is 5.01. The van der Waals surface area contributed by atoms with E-state index in [-0.39, 0.29) is 11.9 Å². The van der Waals surface area contributed by atoms with Gasteiger partial charge in [-0.25, -0.2) is 0 Å². The third kappa shape index (κ3) is 3.92. The van der Waals surface area contributed by atoms with Crippen molar-refractivity contribution in [2.75, 3.05) is 31.6 Å². The molecule has 5 nitrogen and oxygen atoms in total. The molecule has 1 fully saturated rings. The first-order valence-corrected chi connectivity index (χ1v) is 9.41. The van der Waals surface area contributed by atoms with E-state index in [1.807, 2.05) is 47.4 Å². The maximum absolute atomic E-state index is 12.8. The van der Waals surface area contributed by atoms with Crippen molar-refractivity contribution < 1.29 is 14.3 Å². The molecule has 1 N–H and O–H groups in total. The van der Waals surface area contributed by atoms with Gasteiger partial charge in [0.25, 0.3) is 5.91 Å². The maximum atomic E-state index is 12.8. The highest BCUT2D eigenvalue weighted by molar-refractivity contribution is 5.94. The van der Waals surface area contributed by atoms with Gasteiger partial charge in [-0.3, -0.25) is 4.79 Å². The van der Waals surface area contributed by atoms with Crippen molar-refractivity contribution in [2.45, 2.75) is 18.9 Å². The van der Waals surface area contributed by atoms with Crippen LogP contribution in [0.5, 0.6) is 11.5 Å². The predicted molar refractivity (Wildman–Crippen MR) is 107 cm³/mol. The summed E-state index contributed by atoms with van der Waals surface area (Å²) in [6, 6.07) is 13.7. The summed E-state index contributed by atoms with van der Waals surface area (Å²) in [5.74, 6) is 1.65. The number of fused-ring (bicyclic) bond motifs is 1. The second-order valence-electron chi connectivity index (χ2n) is 6.92. The van der Waals surface area contributed by atoms with Crippen LogP contribution in [0, 0.1) is 0 Å². The van der Waals surface area contributed by atoms with E-state index < -0.39 is 0 Å². The number of amides is 1. The Bertz CT molecular complexity index is 832. The van der Waals surface area contributed by atoms with Gasteiger partial charge in [0.2, 0.25) is 0 Å². The Hall–Kier alpha value is -2.95. The predicted octanol–water partition coefficient (Wildman–Crippen LogP) is 3.82.